The molecule has 5 heteroatoms. The Morgan fingerprint density at radius 1 is 1.42 bits per heavy atom. The number of aliphatic carboxylic acids is 1. The van der Waals surface area contributed by atoms with Crippen LogP contribution in [0.5, 0.6) is 5.75 Å². The SMILES string of the molecule is CCc1cc(=O)oc2cc(O[C@@H](C)C(=O)[O-])ccc12. The number of carboxylic acids is 1. The monoisotopic (exact) mass is 261 g/mol. The normalized spacial score (nSPS) is 12.3. The number of hydrogen-bond acceptors (Lipinski definition) is 5. The van der Waals surface area contributed by atoms with Crippen molar-refractivity contribution in [2.75, 3.05) is 0 Å². The third kappa shape index (κ3) is 2.76. The van der Waals surface area contributed by atoms with Crippen LogP contribution in [-0.2, 0) is 11.2 Å². The van der Waals surface area contributed by atoms with Gasteiger partial charge in [-0.15, -0.1) is 0 Å². The molecule has 1 heterocycles. The van der Waals surface area contributed by atoms with Crippen LogP contribution in [0, 0.1) is 0 Å². The number of rotatable bonds is 4. The van der Waals surface area contributed by atoms with Gasteiger partial charge in [-0.3, -0.25) is 0 Å². The molecular weight excluding hydrogens is 248 g/mol. The average molecular weight is 261 g/mol. The lowest BCUT2D eigenvalue weighted by Gasteiger charge is -2.15. The van der Waals surface area contributed by atoms with Crippen LogP contribution >= 0.6 is 0 Å². The summed E-state index contributed by atoms with van der Waals surface area (Å²) in [5.41, 5.74) is 0.826. The molecule has 0 amide bonds. The zero-order valence-electron chi connectivity index (χ0n) is 10.6. The van der Waals surface area contributed by atoms with Crippen LogP contribution in [-0.4, -0.2) is 12.1 Å². The average Bonchev–Trinajstić information content (AvgIpc) is 2.37. The molecule has 100 valence electrons. The van der Waals surface area contributed by atoms with E-state index in [4.69, 9.17) is 9.15 Å². The molecule has 0 aliphatic carbocycles. The third-order valence-corrected chi connectivity index (χ3v) is 2.83. The first-order valence-corrected chi connectivity index (χ1v) is 5.95. The highest BCUT2D eigenvalue weighted by atomic mass is 16.5. The van der Waals surface area contributed by atoms with Crippen LogP contribution < -0.4 is 15.5 Å². The molecule has 19 heavy (non-hydrogen) atoms. The van der Waals surface area contributed by atoms with Crippen LogP contribution in [0.15, 0.2) is 33.5 Å². The Morgan fingerprint density at radius 3 is 2.79 bits per heavy atom. The van der Waals surface area contributed by atoms with Gasteiger partial charge in [0.2, 0.25) is 0 Å². The Balaban J connectivity index is 2.46. The highest BCUT2D eigenvalue weighted by molar-refractivity contribution is 5.81. The fraction of sp³-hybridized carbons (Fsp3) is 0.286. The molecular formula is C14H13O5-. The zero-order valence-corrected chi connectivity index (χ0v) is 10.6. The largest absolute Gasteiger partial charge is 0.546 e. The van der Waals surface area contributed by atoms with E-state index < -0.39 is 17.7 Å². The number of aryl methyl sites for hydroxylation is 1. The second-order valence-electron chi connectivity index (χ2n) is 4.18. The lowest BCUT2D eigenvalue weighted by Crippen LogP contribution is -2.37. The summed E-state index contributed by atoms with van der Waals surface area (Å²) in [6, 6.07) is 6.34. The van der Waals surface area contributed by atoms with Crippen molar-refractivity contribution in [2.45, 2.75) is 26.4 Å². The van der Waals surface area contributed by atoms with Gasteiger partial charge in [-0.25, -0.2) is 4.79 Å². The lowest BCUT2D eigenvalue weighted by atomic mass is 10.1. The molecule has 1 aromatic carbocycles. The van der Waals surface area contributed by atoms with E-state index in [-0.39, 0.29) is 0 Å². The van der Waals surface area contributed by atoms with E-state index in [0.29, 0.717) is 17.8 Å². The van der Waals surface area contributed by atoms with Gasteiger partial charge in [0.05, 0.1) is 5.97 Å². The van der Waals surface area contributed by atoms with Gasteiger partial charge in [0.1, 0.15) is 17.4 Å². The number of fused-ring (bicyclic) bond motifs is 1. The Labute approximate surface area is 109 Å². The van der Waals surface area contributed by atoms with Gasteiger partial charge in [0, 0.05) is 17.5 Å². The maximum Gasteiger partial charge on any atom is 0.336 e. The van der Waals surface area contributed by atoms with E-state index in [1.54, 1.807) is 12.1 Å². The fourth-order valence-electron chi connectivity index (χ4n) is 1.83. The summed E-state index contributed by atoms with van der Waals surface area (Å²) in [6.07, 6.45) is -0.365. The second-order valence-corrected chi connectivity index (χ2v) is 4.18. The minimum Gasteiger partial charge on any atom is -0.546 e. The van der Waals surface area contributed by atoms with Gasteiger partial charge in [0.15, 0.2) is 0 Å². The molecule has 5 nitrogen and oxygen atoms in total. The first kappa shape index (κ1) is 13.1. The number of benzene rings is 1. The molecule has 0 saturated heterocycles. The highest BCUT2D eigenvalue weighted by Gasteiger charge is 2.08. The predicted octanol–water partition coefficient (Wildman–Crippen LogP) is 0.873. The summed E-state index contributed by atoms with van der Waals surface area (Å²) in [6.45, 7) is 3.31. The van der Waals surface area contributed by atoms with Crippen molar-refractivity contribution in [2.24, 2.45) is 0 Å². The lowest BCUT2D eigenvalue weighted by molar-refractivity contribution is -0.312. The van der Waals surface area contributed by atoms with E-state index in [1.807, 2.05) is 6.92 Å². The van der Waals surface area contributed by atoms with Crippen LogP contribution in [0.4, 0.5) is 0 Å². The Hall–Kier alpha value is -2.30. The van der Waals surface area contributed by atoms with Crippen LogP contribution in [0.1, 0.15) is 19.4 Å². The number of hydrogen-bond donors (Lipinski definition) is 0. The van der Waals surface area contributed by atoms with Crippen molar-refractivity contribution in [3.05, 3.63) is 40.2 Å². The summed E-state index contributed by atoms with van der Waals surface area (Å²) in [4.78, 5) is 22.0. The van der Waals surface area contributed by atoms with Crippen LogP contribution in [0.25, 0.3) is 11.0 Å². The summed E-state index contributed by atoms with van der Waals surface area (Å²) in [5.74, 6) is -0.982. The van der Waals surface area contributed by atoms with Gasteiger partial charge in [-0.05, 0) is 31.0 Å². The molecule has 0 unspecified atom stereocenters. The molecule has 1 atom stereocenters. The van der Waals surface area contributed by atoms with Crippen molar-refractivity contribution >= 4 is 16.9 Å². The predicted molar refractivity (Wildman–Crippen MR) is 67.0 cm³/mol. The number of ether oxygens (including phenoxy) is 1. The number of carbonyl (C=O) groups excluding carboxylic acids is 1. The summed E-state index contributed by atoms with van der Waals surface area (Å²) in [7, 11) is 0. The Bertz CT molecular complexity index is 671. The molecule has 0 aliphatic heterocycles. The van der Waals surface area contributed by atoms with Crippen molar-refractivity contribution in [3.63, 3.8) is 0 Å². The first-order valence-electron chi connectivity index (χ1n) is 5.95. The van der Waals surface area contributed by atoms with Crippen molar-refractivity contribution in [1.82, 2.24) is 0 Å². The molecule has 1 aromatic heterocycles. The van der Waals surface area contributed by atoms with Crippen LogP contribution in [0.3, 0.4) is 0 Å². The topological polar surface area (TPSA) is 79.6 Å². The van der Waals surface area contributed by atoms with Crippen molar-refractivity contribution in [1.29, 1.82) is 0 Å². The van der Waals surface area contributed by atoms with E-state index >= 15 is 0 Å². The smallest absolute Gasteiger partial charge is 0.336 e. The van der Waals surface area contributed by atoms with E-state index in [0.717, 1.165) is 10.9 Å². The molecule has 0 radical (unpaired) electrons. The maximum atomic E-state index is 11.4. The Kier molecular flexibility index (Phi) is 3.55. The minimum absolute atomic E-state index is 0.320. The van der Waals surface area contributed by atoms with Crippen molar-refractivity contribution < 1.29 is 19.1 Å². The summed E-state index contributed by atoms with van der Waals surface area (Å²) in [5, 5.41) is 11.4. The highest BCUT2D eigenvalue weighted by Crippen LogP contribution is 2.23. The zero-order chi connectivity index (χ0) is 14.0. The fourth-order valence-corrected chi connectivity index (χ4v) is 1.83. The quantitative estimate of drug-likeness (QED) is 0.763. The molecule has 2 aromatic rings. The first-order chi connectivity index (χ1) is 9.01. The molecule has 0 spiro atoms. The molecule has 0 bridgehead atoms. The van der Waals surface area contributed by atoms with Gasteiger partial charge in [0.25, 0.3) is 0 Å². The van der Waals surface area contributed by atoms with E-state index in [9.17, 15) is 14.7 Å². The van der Waals surface area contributed by atoms with Gasteiger partial charge in [-0.2, -0.15) is 0 Å². The number of carbonyl (C=O) groups is 1. The summed E-state index contributed by atoms with van der Waals surface area (Å²) < 4.78 is 10.3. The standard InChI is InChI=1S/C14H14O5/c1-3-9-6-13(15)19-12-7-10(4-5-11(9)12)18-8(2)14(16)17/h4-8H,3H2,1-2H3,(H,16,17)/p-1/t8-/m0/s1. The van der Waals surface area contributed by atoms with Gasteiger partial charge < -0.3 is 19.1 Å². The Morgan fingerprint density at radius 2 is 2.16 bits per heavy atom. The second kappa shape index (κ2) is 5.14. The maximum absolute atomic E-state index is 11.4. The molecule has 0 N–H and O–H groups in total. The molecule has 0 saturated carbocycles. The number of carboxylic acid groups (broad SMARTS) is 1. The van der Waals surface area contributed by atoms with E-state index in [1.165, 1.54) is 19.1 Å². The molecule has 0 aliphatic rings. The molecule has 0 fully saturated rings. The molecule has 2 rings (SSSR count). The van der Waals surface area contributed by atoms with Crippen molar-refractivity contribution in [3.8, 4) is 5.75 Å². The van der Waals surface area contributed by atoms with Gasteiger partial charge >= 0.3 is 5.63 Å². The van der Waals surface area contributed by atoms with Crippen LogP contribution in [0.2, 0.25) is 0 Å². The minimum atomic E-state index is -1.30. The van der Waals surface area contributed by atoms with E-state index in [2.05, 4.69) is 0 Å². The van der Waals surface area contributed by atoms with Gasteiger partial charge in [-0.1, -0.05) is 6.92 Å². The summed E-state index contributed by atoms with van der Waals surface area (Å²) >= 11 is 0. The third-order valence-electron chi connectivity index (χ3n) is 2.83.